The van der Waals surface area contributed by atoms with Crippen LogP contribution in [0, 0.1) is 0 Å². The van der Waals surface area contributed by atoms with Crippen LogP contribution in [0.2, 0.25) is 0 Å². The van der Waals surface area contributed by atoms with Crippen molar-refractivity contribution in [1.29, 1.82) is 0 Å². The Morgan fingerprint density at radius 3 is 2.63 bits per heavy atom. The van der Waals surface area contributed by atoms with Gasteiger partial charge in [-0.1, -0.05) is 26.8 Å². The first-order chi connectivity index (χ1) is 9.24. The second-order valence-electron chi connectivity index (χ2n) is 4.59. The van der Waals surface area contributed by atoms with Crippen molar-refractivity contribution in [2.45, 2.75) is 46.6 Å². The van der Waals surface area contributed by atoms with Crippen LogP contribution in [0.1, 0.15) is 40.0 Å². The molecular formula is C15H25N3O. The van der Waals surface area contributed by atoms with Crippen LogP contribution in [0.15, 0.2) is 28.0 Å². The molecule has 0 amide bonds. The van der Waals surface area contributed by atoms with E-state index in [2.05, 4.69) is 30.7 Å². The predicted octanol–water partition coefficient (Wildman–Crippen LogP) is 2.91. The van der Waals surface area contributed by atoms with Crippen LogP contribution in [-0.4, -0.2) is 24.0 Å². The standard InChI is InChI=1S/C15H25N3O/c1-4-10-16-13-17(11-5-2)14-8-7-9-15(19)18(14)12-6-3/h7-9,13H,4-6,10-12H2,1-3H3. The maximum atomic E-state index is 12.0. The van der Waals surface area contributed by atoms with Crippen LogP contribution in [0.4, 0.5) is 5.82 Å². The zero-order valence-corrected chi connectivity index (χ0v) is 12.3. The largest absolute Gasteiger partial charge is 0.319 e. The minimum Gasteiger partial charge on any atom is -0.319 e. The summed E-state index contributed by atoms with van der Waals surface area (Å²) in [7, 11) is 0. The maximum Gasteiger partial charge on any atom is 0.252 e. The fourth-order valence-electron chi connectivity index (χ4n) is 1.97. The van der Waals surface area contributed by atoms with Crippen molar-refractivity contribution in [1.82, 2.24) is 4.57 Å². The molecule has 0 spiro atoms. The second-order valence-corrected chi connectivity index (χ2v) is 4.59. The molecule has 1 rings (SSSR count). The monoisotopic (exact) mass is 263 g/mol. The van der Waals surface area contributed by atoms with Crippen molar-refractivity contribution >= 4 is 12.2 Å². The van der Waals surface area contributed by atoms with Crippen LogP contribution in [0.3, 0.4) is 0 Å². The fourth-order valence-corrected chi connectivity index (χ4v) is 1.97. The molecule has 0 saturated carbocycles. The van der Waals surface area contributed by atoms with Gasteiger partial charge >= 0.3 is 0 Å². The Bertz CT molecular complexity index is 451. The lowest BCUT2D eigenvalue weighted by Gasteiger charge is -2.23. The number of hydrogen-bond acceptors (Lipinski definition) is 2. The van der Waals surface area contributed by atoms with Gasteiger partial charge < -0.3 is 4.90 Å². The van der Waals surface area contributed by atoms with Crippen LogP contribution in [0.25, 0.3) is 0 Å². The molecule has 106 valence electrons. The fraction of sp³-hybridized carbons (Fsp3) is 0.600. The van der Waals surface area contributed by atoms with E-state index in [0.717, 1.165) is 44.7 Å². The summed E-state index contributed by atoms with van der Waals surface area (Å²) < 4.78 is 1.83. The van der Waals surface area contributed by atoms with E-state index < -0.39 is 0 Å². The van der Waals surface area contributed by atoms with E-state index in [0.29, 0.717) is 0 Å². The molecule has 0 aliphatic rings. The van der Waals surface area contributed by atoms with E-state index in [1.54, 1.807) is 6.07 Å². The molecule has 0 fully saturated rings. The number of anilines is 1. The quantitative estimate of drug-likeness (QED) is 0.534. The van der Waals surface area contributed by atoms with Gasteiger partial charge in [0.1, 0.15) is 5.82 Å². The van der Waals surface area contributed by atoms with E-state index in [-0.39, 0.29) is 5.56 Å². The molecule has 0 aromatic carbocycles. The van der Waals surface area contributed by atoms with Crippen molar-refractivity contribution in [3.05, 3.63) is 28.6 Å². The Labute approximate surface area is 115 Å². The molecule has 4 nitrogen and oxygen atoms in total. The van der Waals surface area contributed by atoms with E-state index in [1.807, 2.05) is 23.0 Å². The van der Waals surface area contributed by atoms with Crippen LogP contribution in [-0.2, 0) is 6.54 Å². The summed E-state index contributed by atoms with van der Waals surface area (Å²) in [6.45, 7) is 8.77. The smallest absolute Gasteiger partial charge is 0.252 e. The maximum absolute atomic E-state index is 12.0. The Morgan fingerprint density at radius 1 is 1.21 bits per heavy atom. The Morgan fingerprint density at radius 2 is 2.00 bits per heavy atom. The molecule has 0 unspecified atom stereocenters. The van der Waals surface area contributed by atoms with Gasteiger partial charge in [-0.05, 0) is 25.3 Å². The molecule has 0 saturated heterocycles. The van der Waals surface area contributed by atoms with Crippen LogP contribution in [0.5, 0.6) is 0 Å². The highest BCUT2D eigenvalue weighted by molar-refractivity contribution is 5.77. The summed E-state index contributed by atoms with van der Waals surface area (Å²) in [6.07, 6.45) is 4.87. The molecule has 1 aromatic heterocycles. The predicted molar refractivity (Wildman–Crippen MR) is 82.3 cm³/mol. The molecular weight excluding hydrogens is 238 g/mol. The second kappa shape index (κ2) is 8.51. The average molecular weight is 263 g/mol. The zero-order chi connectivity index (χ0) is 14.1. The van der Waals surface area contributed by atoms with E-state index >= 15 is 0 Å². The van der Waals surface area contributed by atoms with Gasteiger partial charge in [0.15, 0.2) is 0 Å². The number of rotatable bonds is 8. The van der Waals surface area contributed by atoms with Gasteiger partial charge in [-0.3, -0.25) is 14.4 Å². The highest BCUT2D eigenvalue weighted by Gasteiger charge is 2.08. The normalized spacial score (nSPS) is 11.1. The number of hydrogen-bond donors (Lipinski definition) is 0. The molecule has 1 aromatic rings. The lowest BCUT2D eigenvalue weighted by Crippen LogP contribution is -2.31. The Hall–Kier alpha value is -1.58. The third-order valence-electron chi connectivity index (χ3n) is 2.81. The molecule has 4 heteroatoms. The third-order valence-corrected chi connectivity index (χ3v) is 2.81. The molecule has 0 aliphatic heterocycles. The summed E-state index contributed by atoms with van der Waals surface area (Å²) >= 11 is 0. The van der Waals surface area contributed by atoms with Gasteiger partial charge in [0.25, 0.3) is 5.56 Å². The highest BCUT2D eigenvalue weighted by Crippen LogP contribution is 2.11. The minimum atomic E-state index is 0.0596. The molecule has 0 aliphatic carbocycles. The first kappa shape index (κ1) is 15.5. The van der Waals surface area contributed by atoms with Gasteiger partial charge in [0.05, 0.1) is 6.34 Å². The summed E-state index contributed by atoms with van der Waals surface area (Å²) in [5.74, 6) is 0.941. The molecule has 0 atom stereocenters. The molecule has 0 radical (unpaired) electrons. The number of nitrogens with zero attached hydrogens (tertiary/aromatic N) is 3. The van der Waals surface area contributed by atoms with Crippen molar-refractivity contribution in [2.24, 2.45) is 4.99 Å². The zero-order valence-electron chi connectivity index (χ0n) is 12.3. The van der Waals surface area contributed by atoms with Gasteiger partial charge in [0.2, 0.25) is 0 Å². The Kier molecular flexibility index (Phi) is 6.93. The van der Waals surface area contributed by atoms with Gasteiger partial charge in [-0.15, -0.1) is 0 Å². The average Bonchev–Trinajstić information content (AvgIpc) is 2.41. The topological polar surface area (TPSA) is 37.6 Å². The summed E-state index contributed by atoms with van der Waals surface area (Å²) in [5.41, 5.74) is 0.0596. The lowest BCUT2D eigenvalue weighted by molar-refractivity contribution is 0.648. The first-order valence-electron chi connectivity index (χ1n) is 7.21. The molecule has 0 N–H and O–H groups in total. The highest BCUT2D eigenvalue weighted by atomic mass is 16.1. The Balaban J connectivity index is 3.07. The lowest BCUT2D eigenvalue weighted by atomic mass is 10.3. The van der Waals surface area contributed by atoms with Gasteiger partial charge in [0, 0.05) is 25.7 Å². The SMILES string of the molecule is CCCN=CN(CCC)c1cccc(=O)n1CCC. The first-order valence-corrected chi connectivity index (χ1v) is 7.21. The molecule has 0 bridgehead atoms. The number of pyridine rings is 1. The number of aromatic nitrogens is 1. The van der Waals surface area contributed by atoms with Crippen LogP contribution < -0.4 is 10.5 Å². The molecule has 19 heavy (non-hydrogen) atoms. The summed E-state index contributed by atoms with van der Waals surface area (Å²) in [4.78, 5) is 18.4. The van der Waals surface area contributed by atoms with Gasteiger partial charge in [-0.2, -0.15) is 0 Å². The van der Waals surface area contributed by atoms with E-state index in [9.17, 15) is 4.79 Å². The third kappa shape index (κ3) is 4.54. The van der Waals surface area contributed by atoms with E-state index in [1.165, 1.54) is 0 Å². The van der Waals surface area contributed by atoms with Gasteiger partial charge in [-0.25, -0.2) is 0 Å². The summed E-state index contributed by atoms with van der Waals surface area (Å²) in [6, 6.07) is 5.43. The minimum absolute atomic E-state index is 0.0596. The van der Waals surface area contributed by atoms with Crippen molar-refractivity contribution < 1.29 is 0 Å². The summed E-state index contributed by atoms with van der Waals surface area (Å²) in [5, 5.41) is 0. The molecule has 1 heterocycles. The van der Waals surface area contributed by atoms with E-state index in [4.69, 9.17) is 0 Å². The van der Waals surface area contributed by atoms with Crippen molar-refractivity contribution in [3.63, 3.8) is 0 Å². The van der Waals surface area contributed by atoms with Crippen molar-refractivity contribution in [2.75, 3.05) is 18.0 Å². The van der Waals surface area contributed by atoms with Crippen LogP contribution >= 0.6 is 0 Å². The number of aliphatic imine (C=N–C) groups is 1. The van der Waals surface area contributed by atoms with Crippen molar-refractivity contribution in [3.8, 4) is 0 Å².